The Morgan fingerprint density at radius 2 is 1.94 bits per heavy atom. The maximum absolute atomic E-state index is 5.49. The molecule has 1 aromatic carbocycles. The lowest BCUT2D eigenvalue weighted by Crippen LogP contribution is -2.04. The van der Waals surface area contributed by atoms with Crippen molar-refractivity contribution in [1.82, 2.24) is 19.7 Å². The van der Waals surface area contributed by atoms with Crippen molar-refractivity contribution in [2.24, 2.45) is 5.73 Å². The number of hydrogen-bond acceptors (Lipinski definition) is 4. The fourth-order valence-corrected chi connectivity index (χ4v) is 1.73. The second kappa shape index (κ2) is 3.95. The van der Waals surface area contributed by atoms with Gasteiger partial charge in [0, 0.05) is 6.54 Å². The van der Waals surface area contributed by atoms with Crippen LogP contribution < -0.4 is 5.73 Å². The van der Waals surface area contributed by atoms with Crippen LogP contribution in [0.3, 0.4) is 0 Å². The Morgan fingerprint density at radius 3 is 2.71 bits per heavy atom. The molecule has 0 unspecified atom stereocenters. The Labute approximate surface area is 97.9 Å². The van der Waals surface area contributed by atoms with E-state index in [2.05, 4.69) is 15.2 Å². The summed E-state index contributed by atoms with van der Waals surface area (Å²) in [5.74, 6) is 0.746. The number of imidazole rings is 1. The van der Waals surface area contributed by atoms with Gasteiger partial charge in [0.1, 0.15) is 6.33 Å². The summed E-state index contributed by atoms with van der Waals surface area (Å²) < 4.78 is 1.91. The van der Waals surface area contributed by atoms with Crippen LogP contribution in [0.2, 0.25) is 0 Å². The first-order valence-corrected chi connectivity index (χ1v) is 5.33. The van der Waals surface area contributed by atoms with Crippen molar-refractivity contribution in [3.05, 3.63) is 48.4 Å². The van der Waals surface area contributed by atoms with Crippen LogP contribution in [-0.4, -0.2) is 19.7 Å². The van der Waals surface area contributed by atoms with Gasteiger partial charge in [0.15, 0.2) is 5.82 Å². The number of fused-ring (bicyclic) bond motifs is 1. The molecular weight excluding hydrogens is 214 g/mol. The predicted molar refractivity (Wildman–Crippen MR) is 64.6 cm³/mol. The summed E-state index contributed by atoms with van der Waals surface area (Å²) in [7, 11) is 0. The molecule has 0 atom stereocenters. The molecule has 2 heterocycles. The van der Waals surface area contributed by atoms with E-state index in [4.69, 9.17) is 5.73 Å². The van der Waals surface area contributed by atoms with E-state index in [0.717, 1.165) is 22.5 Å². The van der Waals surface area contributed by atoms with E-state index in [0.29, 0.717) is 6.54 Å². The quantitative estimate of drug-likeness (QED) is 0.713. The van der Waals surface area contributed by atoms with Crippen molar-refractivity contribution in [3.63, 3.8) is 0 Å². The maximum Gasteiger partial charge on any atom is 0.161 e. The summed E-state index contributed by atoms with van der Waals surface area (Å²) in [6, 6.07) is 11.7. The molecule has 3 aromatic rings. The lowest BCUT2D eigenvalue weighted by Gasteiger charge is -2.02. The third kappa shape index (κ3) is 1.66. The molecule has 2 aromatic heterocycles. The molecule has 2 N–H and O–H groups in total. The zero-order valence-electron chi connectivity index (χ0n) is 9.11. The van der Waals surface area contributed by atoms with Crippen LogP contribution >= 0.6 is 0 Å². The average Bonchev–Trinajstić information content (AvgIpc) is 2.83. The molecule has 0 amide bonds. The minimum atomic E-state index is 0.401. The minimum Gasteiger partial charge on any atom is -0.325 e. The molecule has 0 aliphatic heterocycles. The first-order valence-electron chi connectivity index (χ1n) is 5.33. The zero-order valence-corrected chi connectivity index (χ0v) is 9.11. The normalized spacial score (nSPS) is 10.9. The summed E-state index contributed by atoms with van der Waals surface area (Å²) in [6.07, 6.45) is 1.75. The fraction of sp³-hybridized carbons (Fsp3) is 0.0833. The lowest BCUT2D eigenvalue weighted by atomic mass is 10.3. The van der Waals surface area contributed by atoms with Gasteiger partial charge < -0.3 is 5.73 Å². The molecule has 0 fully saturated rings. The van der Waals surface area contributed by atoms with Crippen LogP contribution in [0.15, 0.2) is 42.7 Å². The molecule has 0 saturated carbocycles. The number of hydrogen-bond donors (Lipinski definition) is 1. The van der Waals surface area contributed by atoms with Gasteiger partial charge in [-0.25, -0.2) is 4.98 Å². The Morgan fingerprint density at radius 1 is 1.06 bits per heavy atom. The van der Waals surface area contributed by atoms with E-state index in [1.807, 2.05) is 41.0 Å². The number of para-hydroxylation sites is 2. The standard InChI is InChI=1S/C12H11N5/c13-7-9-5-6-12(16-15-9)17-8-14-10-3-1-2-4-11(10)17/h1-6,8H,7,13H2. The van der Waals surface area contributed by atoms with Gasteiger partial charge in [-0.15, -0.1) is 5.10 Å². The molecular formula is C12H11N5. The van der Waals surface area contributed by atoms with Crippen LogP contribution in [0.4, 0.5) is 0 Å². The molecule has 17 heavy (non-hydrogen) atoms. The van der Waals surface area contributed by atoms with Crippen LogP contribution in [0, 0.1) is 0 Å². The smallest absolute Gasteiger partial charge is 0.161 e. The van der Waals surface area contributed by atoms with E-state index >= 15 is 0 Å². The third-order valence-corrected chi connectivity index (χ3v) is 2.62. The summed E-state index contributed by atoms with van der Waals surface area (Å²) >= 11 is 0. The topological polar surface area (TPSA) is 69.6 Å². The molecule has 5 heteroatoms. The van der Waals surface area contributed by atoms with Crippen molar-refractivity contribution in [1.29, 1.82) is 0 Å². The lowest BCUT2D eigenvalue weighted by molar-refractivity contribution is 0.860. The second-order valence-electron chi connectivity index (χ2n) is 3.69. The van der Waals surface area contributed by atoms with Crippen molar-refractivity contribution in [3.8, 4) is 5.82 Å². The first-order chi connectivity index (χ1) is 8.38. The number of nitrogens with zero attached hydrogens (tertiary/aromatic N) is 4. The molecule has 0 spiro atoms. The Balaban J connectivity index is 2.13. The first kappa shape index (κ1) is 9.92. The Hall–Kier alpha value is -2.27. The van der Waals surface area contributed by atoms with Crippen molar-refractivity contribution in [2.45, 2.75) is 6.54 Å². The van der Waals surface area contributed by atoms with E-state index in [9.17, 15) is 0 Å². The Kier molecular flexibility index (Phi) is 2.31. The fourth-order valence-electron chi connectivity index (χ4n) is 1.73. The summed E-state index contributed by atoms with van der Waals surface area (Å²) in [5.41, 5.74) is 8.22. The van der Waals surface area contributed by atoms with E-state index < -0.39 is 0 Å². The average molecular weight is 225 g/mol. The number of rotatable bonds is 2. The van der Waals surface area contributed by atoms with Crippen molar-refractivity contribution < 1.29 is 0 Å². The highest BCUT2D eigenvalue weighted by atomic mass is 15.2. The second-order valence-corrected chi connectivity index (χ2v) is 3.69. The Bertz CT molecular complexity index is 641. The highest BCUT2D eigenvalue weighted by Crippen LogP contribution is 2.15. The van der Waals surface area contributed by atoms with E-state index in [-0.39, 0.29) is 0 Å². The van der Waals surface area contributed by atoms with Gasteiger partial charge in [-0.1, -0.05) is 12.1 Å². The van der Waals surface area contributed by atoms with Gasteiger partial charge in [-0.05, 0) is 24.3 Å². The van der Waals surface area contributed by atoms with Crippen LogP contribution in [0.1, 0.15) is 5.69 Å². The monoisotopic (exact) mass is 225 g/mol. The van der Waals surface area contributed by atoms with Gasteiger partial charge >= 0.3 is 0 Å². The largest absolute Gasteiger partial charge is 0.325 e. The minimum absolute atomic E-state index is 0.401. The van der Waals surface area contributed by atoms with E-state index in [1.165, 1.54) is 0 Å². The SMILES string of the molecule is NCc1ccc(-n2cnc3ccccc32)nn1. The van der Waals surface area contributed by atoms with Crippen LogP contribution in [0.25, 0.3) is 16.9 Å². The van der Waals surface area contributed by atoms with Crippen molar-refractivity contribution >= 4 is 11.0 Å². The molecule has 3 rings (SSSR count). The van der Waals surface area contributed by atoms with Crippen molar-refractivity contribution in [2.75, 3.05) is 0 Å². The number of aromatic nitrogens is 4. The molecule has 0 aliphatic carbocycles. The maximum atomic E-state index is 5.49. The number of benzene rings is 1. The summed E-state index contributed by atoms with van der Waals surface area (Å²) in [5, 5.41) is 8.17. The molecule has 0 bridgehead atoms. The van der Waals surface area contributed by atoms with Gasteiger partial charge in [-0.3, -0.25) is 4.57 Å². The molecule has 0 aliphatic rings. The number of nitrogens with two attached hydrogens (primary N) is 1. The third-order valence-electron chi connectivity index (χ3n) is 2.62. The van der Waals surface area contributed by atoms with E-state index in [1.54, 1.807) is 6.33 Å². The molecule has 0 saturated heterocycles. The van der Waals surface area contributed by atoms with Gasteiger partial charge in [0.05, 0.1) is 16.7 Å². The highest BCUT2D eigenvalue weighted by Gasteiger charge is 2.04. The van der Waals surface area contributed by atoms with Gasteiger partial charge in [0.2, 0.25) is 0 Å². The molecule has 84 valence electrons. The molecule has 5 nitrogen and oxygen atoms in total. The van der Waals surface area contributed by atoms with Crippen LogP contribution in [0.5, 0.6) is 0 Å². The summed E-state index contributed by atoms with van der Waals surface area (Å²) in [4.78, 5) is 4.31. The summed E-state index contributed by atoms with van der Waals surface area (Å²) in [6.45, 7) is 0.401. The van der Waals surface area contributed by atoms with Gasteiger partial charge in [0.25, 0.3) is 0 Å². The molecule has 0 radical (unpaired) electrons. The van der Waals surface area contributed by atoms with Crippen LogP contribution in [-0.2, 0) is 6.54 Å². The van der Waals surface area contributed by atoms with Gasteiger partial charge in [-0.2, -0.15) is 5.10 Å². The zero-order chi connectivity index (χ0) is 11.7. The highest BCUT2D eigenvalue weighted by molar-refractivity contribution is 5.76. The predicted octanol–water partition coefficient (Wildman–Crippen LogP) is 1.27.